The summed E-state index contributed by atoms with van der Waals surface area (Å²) in [5.74, 6) is 0.443. The van der Waals surface area contributed by atoms with Crippen molar-refractivity contribution < 1.29 is 23.8 Å². The first-order valence-electron chi connectivity index (χ1n) is 6.64. The summed E-state index contributed by atoms with van der Waals surface area (Å²) in [6.07, 6.45) is 0. The summed E-state index contributed by atoms with van der Waals surface area (Å²) in [6, 6.07) is 8.25. The fourth-order valence-corrected chi connectivity index (χ4v) is 2.61. The van der Waals surface area contributed by atoms with E-state index in [2.05, 4.69) is 0 Å². The van der Waals surface area contributed by atoms with E-state index in [-0.39, 0.29) is 0 Å². The van der Waals surface area contributed by atoms with Crippen LogP contribution >= 0.6 is 0 Å². The van der Waals surface area contributed by atoms with Gasteiger partial charge >= 0.3 is 0 Å². The zero-order valence-electron chi connectivity index (χ0n) is 12.4. The first-order chi connectivity index (χ1) is 10.6. The summed E-state index contributed by atoms with van der Waals surface area (Å²) >= 11 is 0. The lowest BCUT2D eigenvalue weighted by Crippen LogP contribution is -2.21. The molecule has 2 aromatic carbocycles. The molecule has 0 unspecified atom stereocenters. The lowest BCUT2D eigenvalue weighted by Gasteiger charge is -2.20. The number of hydrogen-bond donors (Lipinski definition) is 0. The molecule has 0 fully saturated rings. The van der Waals surface area contributed by atoms with Gasteiger partial charge in [-0.2, -0.15) is 0 Å². The predicted molar refractivity (Wildman–Crippen MR) is 80.2 cm³/mol. The normalized spacial score (nSPS) is 12.5. The molecule has 0 aliphatic heterocycles. The standard InChI is InChI=1S/C17H14O5/c1-20-9-4-5-10-11(6-9)12-7-14(21-2)15(22-3)8-13(12)17(19)16(10)18/h4-8H,1-3H3. The van der Waals surface area contributed by atoms with E-state index in [1.807, 2.05) is 0 Å². The molecule has 0 heterocycles. The van der Waals surface area contributed by atoms with Crippen molar-refractivity contribution in [2.24, 2.45) is 0 Å². The van der Waals surface area contributed by atoms with E-state index >= 15 is 0 Å². The second-order valence-corrected chi connectivity index (χ2v) is 4.82. The Balaban J connectivity index is 2.33. The van der Waals surface area contributed by atoms with Crippen molar-refractivity contribution in [3.05, 3.63) is 41.5 Å². The Morgan fingerprint density at radius 3 is 1.77 bits per heavy atom. The van der Waals surface area contributed by atoms with Crippen molar-refractivity contribution in [1.82, 2.24) is 0 Å². The van der Waals surface area contributed by atoms with Gasteiger partial charge in [-0.05, 0) is 41.5 Å². The maximum absolute atomic E-state index is 12.3. The maximum Gasteiger partial charge on any atom is 0.234 e. The molecular weight excluding hydrogens is 284 g/mol. The quantitative estimate of drug-likeness (QED) is 0.815. The highest BCUT2D eigenvalue weighted by molar-refractivity contribution is 6.53. The van der Waals surface area contributed by atoms with Crippen LogP contribution in [0, 0.1) is 0 Å². The number of carbonyl (C=O) groups excluding carboxylic acids is 2. The first-order valence-corrected chi connectivity index (χ1v) is 6.64. The molecule has 0 atom stereocenters. The van der Waals surface area contributed by atoms with Gasteiger partial charge in [-0.3, -0.25) is 9.59 Å². The Morgan fingerprint density at radius 1 is 0.636 bits per heavy atom. The van der Waals surface area contributed by atoms with Crippen LogP contribution < -0.4 is 14.2 Å². The molecule has 0 amide bonds. The molecule has 22 heavy (non-hydrogen) atoms. The molecule has 5 heteroatoms. The van der Waals surface area contributed by atoms with Crippen molar-refractivity contribution in [2.45, 2.75) is 0 Å². The lowest BCUT2D eigenvalue weighted by molar-refractivity contribution is 0.0815. The van der Waals surface area contributed by atoms with Crippen LogP contribution in [-0.2, 0) is 0 Å². The van der Waals surface area contributed by atoms with Gasteiger partial charge in [0.25, 0.3) is 0 Å². The van der Waals surface area contributed by atoms with Crippen LogP contribution in [0.5, 0.6) is 17.2 Å². The maximum atomic E-state index is 12.3. The third-order valence-corrected chi connectivity index (χ3v) is 3.74. The van der Waals surface area contributed by atoms with Gasteiger partial charge in [0, 0.05) is 11.1 Å². The number of rotatable bonds is 3. The average Bonchev–Trinajstić information content (AvgIpc) is 2.57. The summed E-state index contributed by atoms with van der Waals surface area (Å²) in [4.78, 5) is 24.6. The third kappa shape index (κ3) is 1.94. The van der Waals surface area contributed by atoms with Crippen LogP contribution in [0.25, 0.3) is 11.1 Å². The minimum Gasteiger partial charge on any atom is -0.497 e. The minimum atomic E-state index is -0.548. The van der Waals surface area contributed by atoms with Gasteiger partial charge in [0.2, 0.25) is 11.6 Å². The number of ketones is 2. The van der Waals surface area contributed by atoms with Gasteiger partial charge in [-0.1, -0.05) is 0 Å². The van der Waals surface area contributed by atoms with E-state index < -0.39 is 11.6 Å². The molecule has 0 saturated carbocycles. The van der Waals surface area contributed by atoms with Crippen molar-refractivity contribution in [2.75, 3.05) is 21.3 Å². The molecule has 3 rings (SSSR count). The zero-order valence-corrected chi connectivity index (χ0v) is 12.4. The summed E-state index contributed by atoms with van der Waals surface area (Å²) in [5.41, 5.74) is 1.96. The Kier molecular flexibility index (Phi) is 3.33. The van der Waals surface area contributed by atoms with E-state index in [0.29, 0.717) is 39.5 Å². The highest BCUT2D eigenvalue weighted by Gasteiger charge is 2.32. The van der Waals surface area contributed by atoms with Crippen LogP contribution in [0.2, 0.25) is 0 Å². The SMILES string of the molecule is COc1ccc2c(c1)-c1cc(OC)c(OC)cc1C(=O)C2=O. The summed E-state index contributed by atoms with van der Waals surface area (Å²) < 4.78 is 15.7. The molecule has 0 aromatic heterocycles. The largest absolute Gasteiger partial charge is 0.497 e. The molecular formula is C17H14O5. The second kappa shape index (κ2) is 5.18. The highest BCUT2D eigenvalue weighted by atomic mass is 16.5. The Bertz CT molecular complexity index is 792. The highest BCUT2D eigenvalue weighted by Crippen LogP contribution is 2.41. The van der Waals surface area contributed by atoms with Gasteiger partial charge in [0.15, 0.2) is 11.5 Å². The summed E-state index contributed by atoms with van der Waals surface area (Å²) in [5, 5.41) is 0. The van der Waals surface area contributed by atoms with E-state index in [1.54, 1.807) is 31.4 Å². The number of methoxy groups -OCH3 is 3. The Labute approximate surface area is 127 Å². The number of benzene rings is 2. The molecule has 0 radical (unpaired) electrons. The molecule has 112 valence electrons. The Hall–Kier alpha value is -2.82. The third-order valence-electron chi connectivity index (χ3n) is 3.74. The van der Waals surface area contributed by atoms with E-state index in [9.17, 15) is 9.59 Å². The number of hydrogen-bond acceptors (Lipinski definition) is 5. The van der Waals surface area contributed by atoms with E-state index in [4.69, 9.17) is 14.2 Å². The predicted octanol–water partition coefficient (Wildman–Crippen LogP) is 2.76. The fraction of sp³-hybridized carbons (Fsp3) is 0.176. The Morgan fingerprint density at radius 2 is 1.18 bits per heavy atom. The monoisotopic (exact) mass is 298 g/mol. The summed E-state index contributed by atoms with van der Waals surface area (Å²) in [7, 11) is 4.55. The number of fused-ring (bicyclic) bond motifs is 3. The zero-order chi connectivity index (χ0) is 15.9. The van der Waals surface area contributed by atoms with Crippen LogP contribution in [0.4, 0.5) is 0 Å². The molecule has 0 spiro atoms. The van der Waals surface area contributed by atoms with E-state index in [0.717, 1.165) is 0 Å². The van der Waals surface area contributed by atoms with Gasteiger partial charge < -0.3 is 14.2 Å². The topological polar surface area (TPSA) is 61.8 Å². The fourth-order valence-electron chi connectivity index (χ4n) is 2.61. The smallest absolute Gasteiger partial charge is 0.234 e. The lowest BCUT2D eigenvalue weighted by atomic mass is 9.83. The van der Waals surface area contributed by atoms with Gasteiger partial charge in [-0.15, -0.1) is 0 Å². The molecule has 5 nitrogen and oxygen atoms in total. The minimum absolute atomic E-state index is 0.309. The molecule has 1 aliphatic rings. The molecule has 2 aromatic rings. The van der Waals surface area contributed by atoms with E-state index in [1.165, 1.54) is 20.3 Å². The van der Waals surface area contributed by atoms with Crippen LogP contribution in [0.15, 0.2) is 30.3 Å². The van der Waals surface area contributed by atoms with Crippen molar-refractivity contribution >= 4 is 11.6 Å². The van der Waals surface area contributed by atoms with Crippen LogP contribution in [-0.4, -0.2) is 32.9 Å². The number of Topliss-reactive ketones (excluding diaryl/α,β-unsaturated/α-hetero) is 2. The first kappa shape index (κ1) is 14.1. The molecule has 0 bridgehead atoms. The van der Waals surface area contributed by atoms with Crippen LogP contribution in [0.3, 0.4) is 0 Å². The van der Waals surface area contributed by atoms with Gasteiger partial charge in [-0.25, -0.2) is 0 Å². The number of carbonyl (C=O) groups is 2. The second-order valence-electron chi connectivity index (χ2n) is 4.82. The van der Waals surface area contributed by atoms with Crippen molar-refractivity contribution in [1.29, 1.82) is 0 Å². The molecule has 0 N–H and O–H groups in total. The van der Waals surface area contributed by atoms with Crippen molar-refractivity contribution in [3.63, 3.8) is 0 Å². The molecule has 1 aliphatic carbocycles. The van der Waals surface area contributed by atoms with Crippen LogP contribution in [0.1, 0.15) is 20.7 Å². The summed E-state index contributed by atoms with van der Waals surface area (Å²) in [6.45, 7) is 0. The van der Waals surface area contributed by atoms with Crippen molar-refractivity contribution in [3.8, 4) is 28.4 Å². The average molecular weight is 298 g/mol. The van der Waals surface area contributed by atoms with Gasteiger partial charge in [0.05, 0.1) is 21.3 Å². The molecule has 0 saturated heterocycles. The number of ether oxygens (including phenoxy) is 3. The van der Waals surface area contributed by atoms with Gasteiger partial charge in [0.1, 0.15) is 5.75 Å².